The Hall–Kier alpha value is -2.53. The Balaban J connectivity index is 1.79. The Morgan fingerprint density at radius 3 is 2.79 bits per heavy atom. The number of amides is 2. The zero-order chi connectivity index (χ0) is 17.3. The lowest BCUT2D eigenvalue weighted by atomic mass is 10.1. The van der Waals surface area contributed by atoms with Gasteiger partial charge in [-0.2, -0.15) is 0 Å². The van der Waals surface area contributed by atoms with Crippen molar-refractivity contribution in [1.82, 2.24) is 0 Å². The van der Waals surface area contributed by atoms with Crippen molar-refractivity contribution >= 4 is 34.8 Å². The molecule has 3 rings (SSSR count). The largest absolute Gasteiger partial charge is 0.482 e. The van der Waals surface area contributed by atoms with Crippen LogP contribution in [0.5, 0.6) is 5.75 Å². The van der Waals surface area contributed by atoms with Gasteiger partial charge in [-0.15, -0.1) is 0 Å². The standard InChI is InChI=1S/C18H17ClN2O3/c1-11-3-6-16-15(7-11)21(18(23)10-24-16)9-17(22)20-14-5-4-13(19)8-12(14)2/h3-8H,9-10H2,1-2H3,(H,20,22). The summed E-state index contributed by atoms with van der Waals surface area (Å²) in [6, 6.07) is 10.8. The summed E-state index contributed by atoms with van der Waals surface area (Å²) in [4.78, 5) is 26.0. The van der Waals surface area contributed by atoms with E-state index in [0.29, 0.717) is 22.1 Å². The van der Waals surface area contributed by atoms with E-state index >= 15 is 0 Å². The van der Waals surface area contributed by atoms with Crippen LogP contribution in [0.3, 0.4) is 0 Å². The molecule has 24 heavy (non-hydrogen) atoms. The van der Waals surface area contributed by atoms with E-state index in [4.69, 9.17) is 16.3 Å². The van der Waals surface area contributed by atoms with Crippen LogP contribution in [0, 0.1) is 13.8 Å². The van der Waals surface area contributed by atoms with Crippen molar-refractivity contribution in [3.63, 3.8) is 0 Å². The second kappa shape index (κ2) is 6.53. The van der Waals surface area contributed by atoms with E-state index in [-0.39, 0.29) is 25.0 Å². The molecule has 0 bridgehead atoms. The molecule has 1 aliphatic rings. The van der Waals surface area contributed by atoms with Crippen molar-refractivity contribution in [2.75, 3.05) is 23.4 Å². The van der Waals surface area contributed by atoms with Crippen LogP contribution < -0.4 is 15.0 Å². The number of benzene rings is 2. The second-order valence-electron chi connectivity index (χ2n) is 5.75. The highest BCUT2D eigenvalue weighted by molar-refractivity contribution is 6.30. The molecule has 5 nitrogen and oxygen atoms in total. The van der Waals surface area contributed by atoms with E-state index in [9.17, 15) is 9.59 Å². The lowest BCUT2D eigenvalue weighted by molar-refractivity contribution is -0.123. The third-order valence-electron chi connectivity index (χ3n) is 3.82. The Bertz CT molecular complexity index is 820. The van der Waals surface area contributed by atoms with Crippen LogP contribution in [0.15, 0.2) is 36.4 Å². The van der Waals surface area contributed by atoms with Gasteiger partial charge in [0, 0.05) is 10.7 Å². The topological polar surface area (TPSA) is 58.6 Å². The second-order valence-corrected chi connectivity index (χ2v) is 6.18. The minimum absolute atomic E-state index is 0.0662. The molecule has 6 heteroatoms. The molecule has 0 saturated heterocycles. The first kappa shape index (κ1) is 16.3. The van der Waals surface area contributed by atoms with E-state index in [1.54, 1.807) is 18.2 Å². The van der Waals surface area contributed by atoms with Crippen molar-refractivity contribution in [2.45, 2.75) is 13.8 Å². The summed E-state index contributed by atoms with van der Waals surface area (Å²) in [5.41, 5.74) is 3.15. The number of fused-ring (bicyclic) bond motifs is 1. The summed E-state index contributed by atoms with van der Waals surface area (Å²) in [7, 11) is 0. The quantitative estimate of drug-likeness (QED) is 0.929. The predicted molar refractivity (Wildman–Crippen MR) is 93.8 cm³/mol. The molecular formula is C18H17ClN2O3. The molecule has 0 spiro atoms. The number of hydrogen-bond acceptors (Lipinski definition) is 3. The maximum Gasteiger partial charge on any atom is 0.265 e. The van der Waals surface area contributed by atoms with Crippen molar-refractivity contribution in [3.05, 3.63) is 52.5 Å². The summed E-state index contributed by atoms with van der Waals surface area (Å²) in [5, 5.41) is 3.43. The number of carbonyl (C=O) groups is 2. The molecule has 1 aliphatic heterocycles. The minimum Gasteiger partial charge on any atom is -0.482 e. The Labute approximate surface area is 145 Å². The van der Waals surface area contributed by atoms with Crippen LogP contribution in [-0.2, 0) is 9.59 Å². The SMILES string of the molecule is Cc1ccc2c(c1)N(CC(=O)Nc1ccc(Cl)cc1C)C(=O)CO2. The molecular weight excluding hydrogens is 328 g/mol. The van der Waals surface area contributed by atoms with Gasteiger partial charge in [0.15, 0.2) is 6.61 Å². The summed E-state index contributed by atoms with van der Waals surface area (Å²) in [6.45, 7) is 3.65. The van der Waals surface area contributed by atoms with Crippen LogP contribution in [-0.4, -0.2) is 25.0 Å². The molecule has 0 radical (unpaired) electrons. The number of hydrogen-bond donors (Lipinski definition) is 1. The molecule has 1 heterocycles. The Kier molecular flexibility index (Phi) is 4.44. The molecule has 0 unspecified atom stereocenters. The van der Waals surface area contributed by atoms with Gasteiger partial charge in [-0.05, 0) is 55.3 Å². The highest BCUT2D eigenvalue weighted by Gasteiger charge is 2.27. The highest BCUT2D eigenvalue weighted by atomic mass is 35.5. The number of anilines is 2. The van der Waals surface area contributed by atoms with E-state index in [1.807, 2.05) is 32.0 Å². The molecule has 2 aromatic rings. The number of nitrogens with zero attached hydrogens (tertiary/aromatic N) is 1. The fourth-order valence-corrected chi connectivity index (χ4v) is 2.81. The monoisotopic (exact) mass is 344 g/mol. The van der Waals surface area contributed by atoms with Gasteiger partial charge >= 0.3 is 0 Å². The minimum atomic E-state index is -0.275. The van der Waals surface area contributed by atoms with Crippen LogP contribution in [0.2, 0.25) is 5.02 Å². The zero-order valence-electron chi connectivity index (χ0n) is 13.4. The maximum atomic E-state index is 12.4. The van der Waals surface area contributed by atoms with Crippen LogP contribution in [0.4, 0.5) is 11.4 Å². The number of rotatable bonds is 3. The van der Waals surface area contributed by atoms with Gasteiger partial charge in [-0.1, -0.05) is 17.7 Å². The molecule has 2 amide bonds. The van der Waals surface area contributed by atoms with Gasteiger partial charge in [0.2, 0.25) is 5.91 Å². The van der Waals surface area contributed by atoms with Crippen LogP contribution in [0.25, 0.3) is 0 Å². The van der Waals surface area contributed by atoms with Gasteiger partial charge < -0.3 is 10.1 Å². The first-order valence-electron chi connectivity index (χ1n) is 7.54. The van der Waals surface area contributed by atoms with Crippen molar-refractivity contribution in [3.8, 4) is 5.75 Å². The summed E-state index contributed by atoms with van der Waals surface area (Å²) in [5.74, 6) is 0.0925. The van der Waals surface area contributed by atoms with E-state index < -0.39 is 0 Å². The number of nitrogens with one attached hydrogen (secondary N) is 1. The number of carbonyl (C=O) groups excluding carboxylic acids is 2. The third kappa shape index (κ3) is 3.36. The van der Waals surface area contributed by atoms with E-state index in [1.165, 1.54) is 4.90 Å². The average molecular weight is 345 g/mol. The van der Waals surface area contributed by atoms with Crippen molar-refractivity contribution in [2.24, 2.45) is 0 Å². The normalized spacial score (nSPS) is 13.3. The average Bonchev–Trinajstić information content (AvgIpc) is 2.53. The van der Waals surface area contributed by atoms with Crippen LogP contribution >= 0.6 is 11.6 Å². The molecule has 0 fully saturated rings. The lowest BCUT2D eigenvalue weighted by Crippen LogP contribution is -2.43. The summed E-state index contributed by atoms with van der Waals surface area (Å²) >= 11 is 5.92. The summed E-state index contributed by atoms with van der Waals surface area (Å²) < 4.78 is 5.42. The molecule has 0 aliphatic carbocycles. The first-order valence-corrected chi connectivity index (χ1v) is 7.91. The van der Waals surface area contributed by atoms with E-state index in [2.05, 4.69) is 5.32 Å². The Morgan fingerprint density at radius 2 is 2.04 bits per heavy atom. The fourth-order valence-electron chi connectivity index (χ4n) is 2.59. The van der Waals surface area contributed by atoms with Gasteiger partial charge in [0.05, 0.1) is 5.69 Å². The first-order chi connectivity index (χ1) is 11.4. The Morgan fingerprint density at radius 1 is 1.25 bits per heavy atom. The fraction of sp³-hybridized carbons (Fsp3) is 0.222. The molecule has 124 valence electrons. The van der Waals surface area contributed by atoms with Crippen molar-refractivity contribution in [1.29, 1.82) is 0 Å². The third-order valence-corrected chi connectivity index (χ3v) is 4.06. The van der Waals surface area contributed by atoms with E-state index in [0.717, 1.165) is 11.1 Å². The molecule has 1 N–H and O–H groups in total. The van der Waals surface area contributed by atoms with Crippen molar-refractivity contribution < 1.29 is 14.3 Å². The highest BCUT2D eigenvalue weighted by Crippen LogP contribution is 2.32. The maximum absolute atomic E-state index is 12.4. The number of aryl methyl sites for hydroxylation is 2. The smallest absolute Gasteiger partial charge is 0.265 e. The van der Waals surface area contributed by atoms with Gasteiger partial charge in [-0.25, -0.2) is 0 Å². The van der Waals surface area contributed by atoms with Crippen LogP contribution in [0.1, 0.15) is 11.1 Å². The predicted octanol–water partition coefficient (Wildman–Crippen LogP) is 3.32. The number of halogens is 1. The van der Waals surface area contributed by atoms with Gasteiger partial charge in [-0.3, -0.25) is 14.5 Å². The number of ether oxygens (including phenoxy) is 1. The molecule has 0 aromatic heterocycles. The molecule has 0 atom stereocenters. The zero-order valence-corrected chi connectivity index (χ0v) is 14.2. The van der Waals surface area contributed by atoms with Gasteiger partial charge in [0.1, 0.15) is 12.3 Å². The van der Waals surface area contributed by atoms with Gasteiger partial charge in [0.25, 0.3) is 5.91 Å². The lowest BCUT2D eigenvalue weighted by Gasteiger charge is -2.29. The molecule has 2 aromatic carbocycles. The molecule has 0 saturated carbocycles. The summed E-state index contributed by atoms with van der Waals surface area (Å²) in [6.07, 6.45) is 0.